The van der Waals surface area contributed by atoms with Gasteiger partial charge in [0.2, 0.25) is 0 Å². The highest BCUT2D eigenvalue weighted by atomic mass is 35.5. The zero-order valence-corrected chi connectivity index (χ0v) is 11.1. The van der Waals surface area contributed by atoms with Crippen molar-refractivity contribution in [3.8, 4) is 11.3 Å². The van der Waals surface area contributed by atoms with Gasteiger partial charge in [-0.1, -0.05) is 48.0 Å². The lowest BCUT2D eigenvalue weighted by Gasteiger charge is -2.08. The second kappa shape index (κ2) is 4.52. The lowest BCUT2D eigenvalue weighted by molar-refractivity contribution is 0.993. The van der Waals surface area contributed by atoms with Gasteiger partial charge in [0.15, 0.2) is 0 Å². The Kier molecular flexibility index (Phi) is 2.84. The first-order valence-corrected chi connectivity index (χ1v) is 6.29. The number of aryl methyl sites for hydroxylation is 1. The molecule has 1 aromatic carbocycles. The van der Waals surface area contributed by atoms with Crippen LogP contribution in [0.1, 0.15) is 5.69 Å². The van der Waals surface area contributed by atoms with Crippen LogP contribution in [0.4, 0.5) is 0 Å². The molecule has 0 spiro atoms. The van der Waals surface area contributed by atoms with Gasteiger partial charge in [0, 0.05) is 11.3 Å². The van der Waals surface area contributed by atoms with E-state index in [1.54, 1.807) is 6.07 Å². The van der Waals surface area contributed by atoms with Gasteiger partial charge in [-0.25, -0.2) is 4.98 Å². The minimum Gasteiger partial charge on any atom is -0.267 e. The first-order valence-electron chi connectivity index (χ1n) is 5.92. The molecular formula is C15H11ClN2O. The van der Waals surface area contributed by atoms with Gasteiger partial charge in [0.1, 0.15) is 10.7 Å². The van der Waals surface area contributed by atoms with Crippen molar-refractivity contribution in [3.05, 3.63) is 69.6 Å². The van der Waals surface area contributed by atoms with E-state index in [4.69, 9.17) is 11.6 Å². The van der Waals surface area contributed by atoms with E-state index in [1.165, 1.54) is 4.40 Å². The number of aromatic nitrogens is 2. The highest BCUT2D eigenvalue weighted by Crippen LogP contribution is 2.23. The van der Waals surface area contributed by atoms with Gasteiger partial charge < -0.3 is 0 Å². The first kappa shape index (κ1) is 11.9. The number of hydrogen-bond donors (Lipinski definition) is 0. The van der Waals surface area contributed by atoms with Crippen LogP contribution >= 0.6 is 11.6 Å². The lowest BCUT2D eigenvalue weighted by atomic mass is 10.1. The van der Waals surface area contributed by atoms with Crippen LogP contribution < -0.4 is 5.56 Å². The third-order valence-corrected chi connectivity index (χ3v) is 3.38. The molecule has 0 unspecified atom stereocenters. The predicted octanol–water partition coefficient (Wildman–Crippen LogP) is 3.32. The summed E-state index contributed by atoms with van der Waals surface area (Å²) in [5.74, 6) is 0. The quantitative estimate of drug-likeness (QED) is 0.680. The van der Waals surface area contributed by atoms with Crippen molar-refractivity contribution in [2.24, 2.45) is 0 Å². The van der Waals surface area contributed by atoms with Gasteiger partial charge in [0.05, 0.1) is 5.69 Å². The maximum Gasteiger partial charge on any atom is 0.277 e. The molecule has 0 N–H and O–H groups in total. The van der Waals surface area contributed by atoms with Crippen molar-refractivity contribution >= 4 is 17.2 Å². The summed E-state index contributed by atoms with van der Waals surface area (Å²) in [4.78, 5) is 16.8. The van der Waals surface area contributed by atoms with E-state index in [0.717, 1.165) is 11.3 Å². The molecule has 0 saturated heterocycles. The number of rotatable bonds is 1. The molecule has 0 bridgehead atoms. The van der Waals surface area contributed by atoms with Crippen molar-refractivity contribution in [1.29, 1.82) is 0 Å². The summed E-state index contributed by atoms with van der Waals surface area (Å²) < 4.78 is 1.52. The molecule has 0 amide bonds. The maximum absolute atomic E-state index is 12.3. The average molecular weight is 271 g/mol. The Labute approximate surface area is 115 Å². The SMILES string of the molecule is Cc1cccc2nc(-c3ccccc3)c(Cl)c(=O)n12. The molecule has 4 heteroatoms. The molecule has 0 aliphatic carbocycles. The second-order valence-corrected chi connectivity index (χ2v) is 4.68. The summed E-state index contributed by atoms with van der Waals surface area (Å²) in [5, 5.41) is 0.151. The van der Waals surface area contributed by atoms with Crippen LogP contribution in [0.25, 0.3) is 16.9 Å². The van der Waals surface area contributed by atoms with Crippen LogP contribution in [0.3, 0.4) is 0 Å². The van der Waals surface area contributed by atoms with Crippen LogP contribution in [0.15, 0.2) is 53.3 Å². The minimum atomic E-state index is -0.233. The van der Waals surface area contributed by atoms with Gasteiger partial charge in [0.25, 0.3) is 5.56 Å². The Morgan fingerprint density at radius 1 is 1.05 bits per heavy atom. The monoisotopic (exact) mass is 270 g/mol. The van der Waals surface area contributed by atoms with Crippen molar-refractivity contribution in [2.45, 2.75) is 6.92 Å². The maximum atomic E-state index is 12.3. The number of benzene rings is 1. The van der Waals surface area contributed by atoms with E-state index in [-0.39, 0.29) is 10.6 Å². The Morgan fingerprint density at radius 2 is 1.79 bits per heavy atom. The number of fused-ring (bicyclic) bond motifs is 1. The molecule has 3 aromatic rings. The van der Waals surface area contributed by atoms with Crippen molar-refractivity contribution in [2.75, 3.05) is 0 Å². The van der Waals surface area contributed by atoms with Crippen molar-refractivity contribution in [3.63, 3.8) is 0 Å². The number of pyridine rings is 1. The van der Waals surface area contributed by atoms with Crippen LogP contribution in [0.5, 0.6) is 0 Å². The molecule has 0 radical (unpaired) electrons. The van der Waals surface area contributed by atoms with Crippen LogP contribution in [0.2, 0.25) is 5.02 Å². The molecule has 19 heavy (non-hydrogen) atoms. The molecule has 2 aromatic heterocycles. The summed E-state index contributed by atoms with van der Waals surface area (Å²) in [5.41, 5.74) is 2.56. The molecular weight excluding hydrogens is 260 g/mol. The van der Waals surface area contributed by atoms with E-state index in [9.17, 15) is 4.79 Å². The van der Waals surface area contributed by atoms with Crippen LogP contribution in [-0.4, -0.2) is 9.38 Å². The zero-order chi connectivity index (χ0) is 13.4. The van der Waals surface area contributed by atoms with E-state index < -0.39 is 0 Å². The molecule has 94 valence electrons. The molecule has 0 aliphatic heterocycles. The lowest BCUT2D eigenvalue weighted by Crippen LogP contribution is -2.18. The molecule has 2 heterocycles. The molecule has 0 aliphatic rings. The minimum absolute atomic E-state index is 0.151. The van der Waals surface area contributed by atoms with E-state index in [2.05, 4.69) is 4.98 Å². The van der Waals surface area contributed by atoms with Gasteiger partial charge in [-0.05, 0) is 19.1 Å². The fraction of sp³-hybridized carbons (Fsp3) is 0.0667. The fourth-order valence-electron chi connectivity index (χ4n) is 2.11. The molecule has 3 nitrogen and oxygen atoms in total. The Bertz CT molecular complexity index is 809. The topological polar surface area (TPSA) is 34.4 Å². The summed E-state index contributed by atoms with van der Waals surface area (Å²) >= 11 is 6.18. The first-order chi connectivity index (χ1) is 9.18. The van der Waals surface area contributed by atoms with E-state index in [1.807, 2.05) is 49.4 Å². The Hall–Kier alpha value is -2.13. The smallest absolute Gasteiger partial charge is 0.267 e. The standard InChI is InChI=1S/C15H11ClN2O/c1-10-6-5-9-12-17-14(11-7-3-2-4-8-11)13(16)15(19)18(10)12/h2-9H,1H3. The van der Waals surface area contributed by atoms with Crippen LogP contribution in [-0.2, 0) is 0 Å². The Balaban J connectivity index is 2.41. The summed E-state index contributed by atoms with van der Waals surface area (Å²) in [6.07, 6.45) is 0. The van der Waals surface area contributed by atoms with Crippen molar-refractivity contribution < 1.29 is 0 Å². The molecule has 0 fully saturated rings. The van der Waals surface area contributed by atoms with Gasteiger partial charge in [-0.15, -0.1) is 0 Å². The number of halogens is 1. The van der Waals surface area contributed by atoms with Gasteiger partial charge >= 0.3 is 0 Å². The summed E-state index contributed by atoms with van der Waals surface area (Å²) in [6.45, 7) is 1.86. The fourth-order valence-corrected chi connectivity index (χ4v) is 2.34. The third-order valence-electron chi connectivity index (χ3n) is 3.04. The molecule has 0 saturated carbocycles. The van der Waals surface area contributed by atoms with E-state index in [0.29, 0.717) is 11.3 Å². The average Bonchev–Trinajstić information content (AvgIpc) is 2.43. The highest BCUT2D eigenvalue weighted by Gasteiger charge is 2.12. The predicted molar refractivity (Wildman–Crippen MR) is 76.6 cm³/mol. The highest BCUT2D eigenvalue weighted by molar-refractivity contribution is 6.32. The molecule has 3 rings (SSSR count). The van der Waals surface area contributed by atoms with E-state index >= 15 is 0 Å². The van der Waals surface area contributed by atoms with Crippen molar-refractivity contribution in [1.82, 2.24) is 9.38 Å². The zero-order valence-electron chi connectivity index (χ0n) is 10.3. The third kappa shape index (κ3) is 1.92. The normalized spacial score (nSPS) is 10.8. The Morgan fingerprint density at radius 3 is 2.53 bits per heavy atom. The number of nitrogens with zero attached hydrogens (tertiary/aromatic N) is 2. The van der Waals surface area contributed by atoms with Crippen LogP contribution in [0, 0.1) is 6.92 Å². The van der Waals surface area contributed by atoms with Gasteiger partial charge in [-0.3, -0.25) is 9.20 Å². The summed E-state index contributed by atoms with van der Waals surface area (Å²) in [6, 6.07) is 15.0. The summed E-state index contributed by atoms with van der Waals surface area (Å²) in [7, 11) is 0. The molecule has 0 atom stereocenters. The largest absolute Gasteiger partial charge is 0.277 e. The second-order valence-electron chi connectivity index (χ2n) is 4.31. The number of hydrogen-bond acceptors (Lipinski definition) is 2. The van der Waals surface area contributed by atoms with Gasteiger partial charge in [-0.2, -0.15) is 0 Å².